The van der Waals surface area contributed by atoms with Crippen LogP contribution in [0.4, 0.5) is 5.69 Å². The first-order chi connectivity index (χ1) is 6.70. The molecule has 1 aromatic heterocycles. The van der Waals surface area contributed by atoms with Gasteiger partial charge in [-0.15, -0.1) is 0 Å². The van der Waals surface area contributed by atoms with Crippen molar-refractivity contribution in [3.63, 3.8) is 0 Å². The Morgan fingerprint density at radius 1 is 1.36 bits per heavy atom. The standard InChI is InChI=1S/C10H10N2O2/c1-14-8-5-7(11)4-6-2-3-9(13)12-10(6)8/h2-5H,11H2,1H3,(H,12,13). The highest BCUT2D eigenvalue weighted by atomic mass is 16.5. The van der Waals surface area contributed by atoms with Crippen molar-refractivity contribution in [2.75, 3.05) is 12.8 Å². The van der Waals surface area contributed by atoms with Crippen molar-refractivity contribution in [1.29, 1.82) is 0 Å². The molecular weight excluding hydrogens is 180 g/mol. The average Bonchev–Trinajstić information content (AvgIpc) is 2.17. The number of fused-ring (bicyclic) bond motifs is 1. The fourth-order valence-electron chi connectivity index (χ4n) is 1.37. The van der Waals surface area contributed by atoms with Gasteiger partial charge in [-0.3, -0.25) is 0 Å². The van der Waals surface area contributed by atoms with E-state index in [4.69, 9.17) is 10.5 Å². The molecule has 0 amide bonds. The second-order valence-electron chi connectivity index (χ2n) is 2.96. The van der Waals surface area contributed by atoms with Crippen molar-refractivity contribution >= 4 is 16.6 Å². The summed E-state index contributed by atoms with van der Waals surface area (Å²) < 4.78 is 5.11. The summed E-state index contributed by atoms with van der Waals surface area (Å²) in [5.41, 5.74) is 6.89. The lowest BCUT2D eigenvalue weighted by molar-refractivity contribution is 0.417. The molecule has 0 aliphatic rings. The number of pyridine rings is 1. The molecule has 0 radical (unpaired) electrons. The van der Waals surface area contributed by atoms with Crippen molar-refractivity contribution in [2.45, 2.75) is 0 Å². The molecule has 0 unspecified atom stereocenters. The van der Waals surface area contributed by atoms with Crippen LogP contribution in [0.5, 0.6) is 11.6 Å². The van der Waals surface area contributed by atoms with Gasteiger partial charge in [0.25, 0.3) is 0 Å². The molecule has 0 saturated heterocycles. The zero-order chi connectivity index (χ0) is 10.1. The average molecular weight is 190 g/mol. The van der Waals surface area contributed by atoms with E-state index >= 15 is 0 Å². The van der Waals surface area contributed by atoms with Crippen LogP contribution in [-0.2, 0) is 0 Å². The maximum Gasteiger partial charge on any atom is 0.211 e. The Kier molecular flexibility index (Phi) is 1.89. The van der Waals surface area contributed by atoms with Crippen LogP contribution in [0.3, 0.4) is 0 Å². The van der Waals surface area contributed by atoms with Gasteiger partial charge in [0.2, 0.25) is 5.88 Å². The van der Waals surface area contributed by atoms with Crippen LogP contribution in [-0.4, -0.2) is 17.2 Å². The Hall–Kier alpha value is -1.97. The number of methoxy groups -OCH3 is 1. The molecule has 0 fully saturated rings. The van der Waals surface area contributed by atoms with E-state index in [-0.39, 0.29) is 5.88 Å². The normalized spacial score (nSPS) is 10.4. The van der Waals surface area contributed by atoms with Gasteiger partial charge < -0.3 is 15.6 Å². The van der Waals surface area contributed by atoms with Crippen LogP contribution in [0.25, 0.3) is 10.9 Å². The maximum absolute atomic E-state index is 9.22. The number of anilines is 1. The molecule has 1 aromatic carbocycles. The lowest BCUT2D eigenvalue weighted by atomic mass is 10.2. The SMILES string of the molecule is COc1cc(N)cc2ccc(O)nc12. The Labute approximate surface area is 80.9 Å². The highest BCUT2D eigenvalue weighted by Crippen LogP contribution is 2.28. The summed E-state index contributed by atoms with van der Waals surface area (Å²) in [6.45, 7) is 0. The molecule has 1 heterocycles. The lowest BCUT2D eigenvalue weighted by Crippen LogP contribution is -1.91. The van der Waals surface area contributed by atoms with Gasteiger partial charge in [0.1, 0.15) is 11.3 Å². The quantitative estimate of drug-likeness (QED) is 0.669. The number of hydrogen-bond donors (Lipinski definition) is 2. The molecule has 2 rings (SSSR count). The summed E-state index contributed by atoms with van der Waals surface area (Å²) in [5.74, 6) is 0.538. The molecular formula is C10H10N2O2. The van der Waals surface area contributed by atoms with Gasteiger partial charge in [0.05, 0.1) is 7.11 Å². The zero-order valence-corrected chi connectivity index (χ0v) is 7.69. The van der Waals surface area contributed by atoms with Gasteiger partial charge in [0, 0.05) is 23.2 Å². The van der Waals surface area contributed by atoms with Crippen LogP contribution in [0.1, 0.15) is 0 Å². The summed E-state index contributed by atoms with van der Waals surface area (Å²) in [6, 6.07) is 6.72. The summed E-state index contributed by atoms with van der Waals surface area (Å²) in [7, 11) is 1.54. The molecule has 4 nitrogen and oxygen atoms in total. The van der Waals surface area contributed by atoms with E-state index in [0.29, 0.717) is 17.0 Å². The number of nitrogens with two attached hydrogens (primary N) is 1. The molecule has 0 saturated carbocycles. The van der Waals surface area contributed by atoms with Crippen molar-refractivity contribution < 1.29 is 9.84 Å². The molecule has 2 aromatic rings. The van der Waals surface area contributed by atoms with Crippen molar-refractivity contribution in [3.05, 3.63) is 24.3 Å². The minimum atomic E-state index is -0.0272. The van der Waals surface area contributed by atoms with Crippen LogP contribution < -0.4 is 10.5 Å². The van der Waals surface area contributed by atoms with Crippen LogP contribution >= 0.6 is 0 Å². The molecule has 72 valence electrons. The maximum atomic E-state index is 9.22. The number of rotatable bonds is 1. The highest BCUT2D eigenvalue weighted by Gasteiger charge is 2.05. The largest absolute Gasteiger partial charge is 0.494 e. The third-order valence-electron chi connectivity index (χ3n) is 1.98. The predicted molar refractivity (Wildman–Crippen MR) is 54.4 cm³/mol. The summed E-state index contributed by atoms with van der Waals surface area (Å²) in [6.07, 6.45) is 0. The molecule has 3 N–H and O–H groups in total. The zero-order valence-electron chi connectivity index (χ0n) is 7.69. The van der Waals surface area contributed by atoms with Gasteiger partial charge >= 0.3 is 0 Å². The third kappa shape index (κ3) is 1.31. The monoisotopic (exact) mass is 190 g/mol. The van der Waals surface area contributed by atoms with E-state index in [1.807, 2.05) is 0 Å². The number of nitrogen functional groups attached to an aromatic ring is 1. The molecule has 14 heavy (non-hydrogen) atoms. The van der Waals surface area contributed by atoms with Gasteiger partial charge in [0.15, 0.2) is 0 Å². The minimum Gasteiger partial charge on any atom is -0.494 e. The minimum absolute atomic E-state index is 0.0272. The van der Waals surface area contributed by atoms with Gasteiger partial charge in [-0.1, -0.05) is 0 Å². The topological polar surface area (TPSA) is 68.4 Å². The summed E-state index contributed by atoms with van der Waals surface area (Å²) >= 11 is 0. The predicted octanol–water partition coefficient (Wildman–Crippen LogP) is 1.53. The molecule has 0 aliphatic carbocycles. The number of hydrogen-bond acceptors (Lipinski definition) is 4. The van der Waals surface area contributed by atoms with E-state index < -0.39 is 0 Å². The molecule has 0 bridgehead atoms. The van der Waals surface area contributed by atoms with Crippen LogP contribution in [0.15, 0.2) is 24.3 Å². The highest BCUT2D eigenvalue weighted by molar-refractivity contribution is 5.88. The van der Waals surface area contributed by atoms with Gasteiger partial charge in [-0.2, -0.15) is 0 Å². The fraction of sp³-hybridized carbons (Fsp3) is 0.100. The number of aromatic hydroxyl groups is 1. The second kappa shape index (κ2) is 3.06. The second-order valence-corrected chi connectivity index (χ2v) is 2.96. The first kappa shape index (κ1) is 8.62. The van der Waals surface area contributed by atoms with Crippen LogP contribution in [0, 0.1) is 0 Å². The Morgan fingerprint density at radius 2 is 2.14 bits per heavy atom. The van der Waals surface area contributed by atoms with E-state index in [1.165, 1.54) is 6.07 Å². The first-order valence-corrected chi connectivity index (χ1v) is 4.14. The molecule has 0 aliphatic heterocycles. The van der Waals surface area contributed by atoms with E-state index in [2.05, 4.69) is 4.98 Å². The summed E-state index contributed by atoms with van der Waals surface area (Å²) in [4.78, 5) is 3.96. The van der Waals surface area contributed by atoms with Crippen molar-refractivity contribution in [2.24, 2.45) is 0 Å². The fourth-order valence-corrected chi connectivity index (χ4v) is 1.37. The van der Waals surface area contributed by atoms with Crippen molar-refractivity contribution in [3.8, 4) is 11.6 Å². The number of ether oxygens (including phenoxy) is 1. The van der Waals surface area contributed by atoms with Gasteiger partial charge in [-0.25, -0.2) is 4.98 Å². The Balaban J connectivity index is 2.81. The lowest BCUT2D eigenvalue weighted by Gasteiger charge is -2.05. The molecule has 0 atom stereocenters. The number of nitrogens with zero attached hydrogens (tertiary/aromatic N) is 1. The molecule has 0 spiro atoms. The Morgan fingerprint density at radius 3 is 2.86 bits per heavy atom. The molecule has 4 heteroatoms. The first-order valence-electron chi connectivity index (χ1n) is 4.14. The van der Waals surface area contributed by atoms with Crippen molar-refractivity contribution in [1.82, 2.24) is 4.98 Å². The Bertz CT molecular complexity index is 483. The van der Waals surface area contributed by atoms with Crippen LogP contribution in [0.2, 0.25) is 0 Å². The van der Waals surface area contributed by atoms with E-state index in [9.17, 15) is 5.11 Å². The third-order valence-corrected chi connectivity index (χ3v) is 1.98. The summed E-state index contributed by atoms with van der Waals surface area (Å²) in [5, 5.41) is 10.1. The van der Waals surface area contributed by atoms with E-state index in [0.717, 1.165) is 5.39 Å². The van der Waals surface area contributed by atoms with Gasteiger partial charge in [-0.05, 0) is 12.1 Å². The van der Waals surface area contributed by atoms with E-state index in [1.54, 1.807) is 25.3 Å². The number of aromatic nitrogens is 1. The number of benzene rings is 1. The smallest absolute Gasteiger partial charge is 0.211 e.